The molecule has 1 saturated heterocycles. The smallest absolute Gasteiger partial charge is 0.266 e. The van der Waals surface area contributed by atoms with Crippen LogP contribution in [0.1, 0.15) is 18.2 Å². The average molecular weight is 407 g/mol. The molecule has 26 heavy (non-hydrogen) atoms. The van der Waals surface area contributed by atoms with Crippen LogP contribution in [0.2, 0.25) is 0 Å². The van der Waals surface area contributed by atoms with Crippen molar-refractivity contribution in [3.8, 4) is 0 Å². The van der Waals surface area contributed by atoms with Gasteiger partial charge in [-0.3, -0.25) is 14.5 Å². The van der Waals surface area contributed by atoms with E-state index >= 15 is 0 Å². The minimum atomic E-state index is -0.634. The molecule has 136 valence electrons. The second-order valence-corrected chi connectivity index (χ2v) is 8.34. The third kappa shape index (κ3) is 4.40. The number of hydrogen-bond donors (Lipinski definition) is 1. The van der Waals surface area contributed by atoms with Crippen LogP contribution in [0.15, 0.2) is 41.1 Å². The molecule has 2 aromatic rings. The topological polar surface area (TPSA) is 67.2 Å². The van der Waals surface area contributed by atoms with Gasteiger partial charge in [0.05, 0.1) is 11.2 Å². The van der Waals surface area contributed by atoms with Gasteiger partial charge in [0.2, 0.25) is 5.91 Å². The van der Waals surface area contributed by atoms with Gasteiger partial charge in [-0.05, 0) is 30.9 Å². The van der Waals surface area contributed by atoms with Crippen molar-refractivity contribution in [1.82, 2.24) is 19.8 Å². The van der Waals surface area contributed by atoms with Crippen LogP contribution in [0.5, 0.6) is 0 Å². The molecule has 0 unspecified atom stereocenters. The molecule has 1 aliphatic heterocycles. The van der Waals surface area contributed by atoms with Gasteiger partial charge in [-0.25, -0.2) is 4.98 Å². The Morgan fingerprint density at radius 1 is 1.50 bits per heavy atom. The number of hydrogen-bond acceptors (Lipinski definition) is 6. The van der Waals surface area contributed by atoms with Gasteiger partial charge >= 0.3 is 0 Å². The number of thioether (sulfide) groups is 1. The second-order valence-electron chi connectivity index (χ2n) is 5.69. The number of aromatic nitrogens is 2. The van der Waals surface area contributed by atoms with E-state index in [1.165, 1.54) is 16.7 Å². The molecule has 3 rings (SSSR count). The fraction of sp³-hybridized carbons (Fsp3) is 0.294. The van der Waals surface area contributed by atoms with Crippen molar-refractivity contribution in [2.24, 2.45) is 0 Å². The molecule has 1 N–H and O–H groups in total. The maximum Gasteiger partial charge on any atom is 0.266 e. The van der Waals surface area contributed by atoms with Crippen LogP contribution < -0.4 is 5.32 Å². The molecule has 0 spiro atoms. The quantitative estimate of drug-likeness (QED) is 0.435. The summed E-state index contributed by atoms with van der Waals surface area (Å²) in [6.07, 6.45) is 7.94. The van der Waals surface area contributed by atoms with Crippen LogP contribution in [0.3, 0.4) is 0 Å². The highest BCUT2D eigenvalue weighted by Gasteiger charge is 2.38. The SMILES string of the molecule is C[C@@H](C(=O)NCCCn1ccnc1)N1C(=O)/C(=C/c2cccs2)SC1=S. The maximum absolute atomic E-state index is 12.6. The van der Waals surface area contributed by atoms with E-state index in [0.717, 1.165) is 17.8 Å². The van der Waals surface area contributed by atoms with Crippen LogP contribution in [-0.4, -0.2) is 43.2 Å². The summed E-state index contributed by atoms with van der Waals surface area (Å²) in [5, 5.41) is 4.82. The molecule has 0 aromatic carbocycles. The van der Waals surface area contributed by atoms with Gasteiger partial charge in [0, 0.05) is 30.4 Å². The summed E-state index contributed by atoms with van der Waals surface area (Å²) in [6.45, 7) is 3.00. The van der Waals surface area contributed by atoms with E-state index in [4.69, 9.17) is 12.2 Å². The lowest BCUT2D eigenvalue weighted by molar-refractivity contribution is -0.132. The molecule has 1 atom stereocenters. The molecule has 9 heteroatoms. The van der Waals surface area contributed by atoms with Gasteiger partial charge in [0.15, 0.2) is 0 Å². The molecule has 2 amide bonds. The standard InChI is InChI=1S/C17H18N4O2S3/c1-12(15(22)19-5-3-7-20-8-6-18-11-20)21-16(23)14(26-17(21)24)10-13-4-2-9-25-13/h2,4,6,8-12H,3,5,7H2,1H3,(H,19,22)/b14-10-/t12-/m0/s1. The van der Waals surface area contributed by atoms with Crippen LogP contribution >= 0.6 is 35.3 Å². The number of imidazole rings is 1. The molecule has 1 aliphatic rings. The number of thiocarbonyl (C=S) groups is 1. The molecule has 1 fully saturated rings. The molecule has 0 radical (unpaired) electrons. The van der Waals surface area contributed by atoms with Crippen molar-refractivity contribution in [3.05, 3.63) is 46.0 Å². The Labute approximate surface area is 165 Å². The zero-order valence-electron chi connectivity index (χ0n) is 14.1. The third-order valence-electron chi connectivity index (χ3n) is 3.86. The van der Waals surface area contributed by atoms with Gasteiger partial charge in [-0.1, -0.05) is 30.0 Å². The average Bonchev–Trinajstić information content (AvgIpc) is 3.35. The largest absolute Gasteiger partial charge is 0.354 e. The molecular formula is C17H18N4O2S3. The number of carbonyl (C=O) groups is 2. The second kappa shape index (κ2) is 8.61. The van der Waals surface area contributed by atoms with Gasteiger partial charge in [0.25, 0.3) is 5.91 Å². The predicted octanol–water partition coefficient (Wildman–Crippen LogP) is 2.74. The first kappa shape index (κ1) is 18.8. The van der Waals surface area contributed by atoms with Crippen molar-refractivity contribution in [2.45, 2.75) is 25.9 Å². The minimum absolute atomic E-state index is 0.204. The predicted molar refractivity (Wildman–Crippen MR) is 109 cm³/mol. The number of thiophene rings is 1. The van der Waals surface area contributed by atoms with E-state index in [-0.39, 0.29) is 11.8 Å². The van der Waals surface area contributed by atoms with E-state index in [2.05, 4.69) is 10.3 Å². The van der Waals surface area contributed by atoms with Crippen LogP contribution in [0, 0.1) is 0 Å². The normalized spacial score (nSPS) is 17.1. The third-order valence-corrected chi connectivity index (χ3v) is 6.01. The summed E-state index contributed by atoms with van der Waals surface area (Å²) < 4.78 is 2.37. The van der Waals surface area contributed by atoms with Gasteiger partial charge in [0.1, 0.15) is 10.4 Å². The summed E-state index contributed by atoms with van der Waals surface area (Å²) in [5.74, 6) is -0.418. The number of carbonyl (C=O) groups excluding carboxylic acids is 2. The molecule has 0 aliphatic carbocycles. The van der Waals surface area contributed by atoms with Crippen molar-refractivity contribution in [1.29, 1.82) is 0 Å². The highest BCUT2D eigenvalue weighted by molar-refractivity contribution is 8.26. The Morgan fingerprint density at radius 3 is 3.04 bits per heavy atom. The van der Waals surface area contributed by atoms with E-state index in [9.17, 15) is 9.59 Å². The maximum atomic E-state index is 12.6. The Hall–Kier alpha value is -1.97. The molecule has 2 aromatic heterocycles. The molecule has 0 saturated carbocycles. The van der Waals surface area contributed by atoms with Crippen molar-refractivity contribution in [2.75, 3.05) is 6.54 Å². The van der Waals surface area contributed by atoms with Crippen molar-refractivity contribution in [3.63, 3.8) is 0 Å². The number of amides is 2. The Kier molecular flexibility index (Phi) is 6.23. The molecular weight excluding hydrogens is 388 g/mol. The molecule has 3 heterocycles. The number of nitrogens with one attached hydrogen (secondary N) is 1. The first-order chi connectivity index (χ1) is 12.6. The summed E-state index contributed by atoms with van der Waals surface area (Å²) in [4.78, 5) is 31.9. The first-order valence-corrected chi connectivity index (χ1v) is 10.2. The summed E-state index contributed by atoms with van der Waals surface area (Å²) in [6, 6.07) is 3.23. The molecule has 0 bridgehead atoms. The minimum Gasteiger partial charge on any atom is -0.354 e. The number of aryl methyl sites for hydroxylation is 1. The first-order valence-electron chi connectivity index (χ1n) is 8.10. The van der Waals surface area contributed by atoms with Crippen molar-refractivity contribution >= 4 is 57.5 Å². The molecule has 6 nitrogen and oxygen atoms in total. The van der Waals surface area contributed by atoms with Gasteiger partial charge in [-0.2, -0.15) is 0 Å². The zero-order valence-corrected chi connectivity index (χ0v) is 16.6. The lowest BCUT2D eigenvalue weighted by Gasteiger charge is -2.22. The lowest BCUT2D eigenvalue weighted by Crippen LogP contribution is -2.47. The number of rotatable bonds is 7. The van der Waals surface area contributed by atoms with Gasteiger partial charge in [-0.15, -0.1) is 11.3 Å². The number of nitrogens with zero attached hydrogens (tertiary/aromatic N) is 3. The highest BCUT2D eigenvalue weighted by atomic mass is 32.2. The highest BCUT2D eigenvalue weighted by Crippen LogP contribution is 2.34. The fourth-order valence-corrected chi connectivity index (χ4v) is 4.61. The van der Waals surface area contributed by atoms with Gasteiger partial charge < -0.3 is 9.88 Å². The van der Waals surface area contributed by atoms with E-state index in [1.54, 1.807) is 30.8 Å². The summed E-state index contributed by atoms with van der Waals surface area (Å²) in [5.41, 5.74) is 0. The van der Waals surface area contributed by atoms with Crippen LogP contribution in [0.4, 0.5) is 0 Å². The summed E-state index contributed by atoms with van der Waals surface area (Å²) >= 11 is 8.11. The van der Waals surface area contributed by atoms with E-state index in [0.29, 0.717) is 15.8 Å². The fourth-order valence-electron chi connectivity index (χ4n) is 2.47. The van der Waals surface area contributed by atoms with E-state index < -0.39 is 6.04 Å². The zero-order chi connectivity index (χ0) is 18.5. The Morgan fingerprint density at radius 2 is 2.35 bits per heavy atom. The van der Waals surface area contributed by atoms with Crippen LogP contribution in [0.25, 0.3) is 6.08 Å². The Balaban J connectivity index is 1.54. The van der Waals surface area contributed by atoms with Crippen LogP contribution in [-0.2, 0) is 16.1 Å². The van der Waals surface area contributed by atoms with E-state index in [1.807, 2.05) is 34.4 Å². The van der Waals surface area contributed by atoms with Crippen molar-refractivity contribution < 1.29 is 9.59 Å². The lowest BCUT2D eigenvalue weighted by atomic mass is 10.2. The summed E-state index contributed by atoms with van der Waals surface area (Å²) in [7, 11) is 0. The Bertz CT molecular complexity index is 815. The monoisotopic (exact) mass is 406 g/mol.